The van der Waals surface area contributed by atoms with E-state index in [9.17, 15) is 0 Å². The monoisotopic (exact) mass is 605 g/mol. The van der Waals surface area contributed by atoms with E-state index in [1.807, 2.05) is 11.3 Å². The second kappa shape index (κ2) is 10.7. The van der Waals surface area contributed by atoms with E-state index in [-0.39, 0.29) is 0 Å². The molecule has 46 heavy (non-hydrogen) atoms. The Hall–Kier alpha value is -5.31. The van der Waals surface area contributed by atoms with Gasteiger partial charge in [0.05, 0.1) is 11.4 Å². The molecule has 1 nitrogen and oxygen atoms in total. The molecule has 0 aliphatic carbocycles. The number of benzene rings is 7. The Bertz CT molecular complexity index is 2640. The van der Waals surface area contributed by atoms with Crippen molar-refractivity contribution in [2.75, 3.05) is 0 Å². The minimum Gasteiger partial charge on any atom is -0.247 e. The number of nitrogens with zero attached hydrogens (tertiary/aromatic N) is 1. The number of aromatic nitrogens is 1. The van der Waals surface area contributed by atoms with Crippen LogP contribution in [-0.4, -0.2) is 4.98 Å². The molecule has 0 fully saturated rings. The second-order valence-corrected chi connectivity index (χ2v) is 13.3. The fourth-order valence-corrected chi connectivity index (χ4v) is 8.54. The Kier molecular flexibility index (Phi) is 6.26. The smallest absolute Gasteiger partial charge is 0.0744 e. The molecule has 9 aromatic rings. The van der Waals surface area contributed by atoms with E-state index in [2.05, 4.69) is 153 Å². The van der Waals surface area contributed by atoms with Gasteiger partial charge >= 0.3 is 0 Å². The lowest BCUT2D eigenvalue weighted by atomic mass is 9.89. The molecule has 0 atom stereocenters. The molecule has 218 valence electrons. The predicted octanol–water partition coefficient (Wildman–Crippen LogP) is 12.8. The highest BCUT2D eigenvalue weighted by Crippen LogP contribution is 2.42. The van der Waals surface area contributed by atoms with Crippen molar-refractivity contribution in [2.45, 2.75) is 20.3 Å². The highest BCUT2D eigenvalue weighted by molar-refractivity contribution is 7.26. The number of pyridine rings is 1. The molecule has 0 aliphatic rings. The zero-order valence-corrected chi connectivity index (χ0v) is 26.7. The van der Waals surface area contributed by atoms with E-state index < -0.39 is 0 Å². The van der Waals surface area contributed by atoms with Crippen LogP contribution >= 0.6 is 11.3 Å². The molecule has 0 saturated carbocycles. The summed E-state index contributed by atoms with van der Waals surface area (Å²) < 4.78 is 2.66. The van der Waals surface area contributed by atoms with Crippen molar-refractivity contribution in [1.29, 1.82) is 0 Å². The number of aryl methyl sites for hydroxylation is 2. The Morgan fingerprint density at radius 2 is 1.11 bits per heavy atom. The Balaban J connectivity index is 1.22. The summed E-state index contributed by atoms with van der Waals surface area (Å²) in [5.41, 5.74) is 9.43. The highest BCUT2D eigenvalue weighted by Gasteiger charge is 2.16. The summed E-state index contributed by atoms with van der Waals surface area (Å²) in [7, 11) is 0. The summed E-state index contributed by atoms with van der Waals surface area (Å²) in [5.74, 6) is 0. The van der Waals surface area contributed by atoms with Crippen LogP contribution in [0, 0.1) is 6.92 Å². The second-order valence-electron chi connectivity index (χ2n) is 12.2. The van der Waals surface area contributed by atoms with Crippen LogP contribution in [0.4, 0.5) is 0 Å². The average Bonchev–Trinajstić information content (AvgIpc) is 3.50. The van der Waals surface area contributed by atoms with Crippen molar-refractivity contribution in [3.63, 3.8) is 0 Å². The van der Waals surface area contributed by atoms with Crippen LogP contribution in [0.3, 0.4) is 0 Å². The van der Waals surface area contributed by atoms with Gasteiger partial charge in [-0.05, 0) is 92.2 Å². The first kappa shape index (κ1) is 27.0. The summed E-state index contributed by atoms with van der Waals surface area (Å²) in [6.45, 7) is 4.46. The first-order chi connectivity index (χ1) is 22.7. The third kappa shape index (κ3) is 4.18. The van der Waals surface area contributed by atoms with Crippen molar-refractivity contribution in [1.82, 2.24) is 4.98 Å². The lowest BCUT2D eigenvalue weighted by molar-refractivity contribution is 1.11. The van der Waals surface area contributed by atoms with Crippen LogP contribution in [0.1, 0.15) is 18.1 Å². The molecule has 0 amide bonds. The molecule has 0 N–H and O–H groups in total. The maximum absolute atomic E-state index is 5.43. The van der Waals surface area contributed by atoms with Crippen molar-refractivity contribution in [3.8, 4) is 33.6 Å². The van der Waals surface area contributed by atoms with Gasteiger partial charge in [0.15, 0.2) is 0 Å². The van der Waals surface area contributed by atoms with Crippen molar-refractivity contribution in [3.05, 3.63) is 151 Å². The molecule has 0 saturated heterocycles. The Labute approximate surface area is 272 Å². The number of rotatable bonds is 4. The number of hydrogen-bond acceptors (Lipinski definition) is 2. The summed E-state index contributed by atoms with van der Waals surface area (Å²) >= 11 is 1.88. The van der Waals surface area contributed by atoms with Crippen LogP contribution < -0.4 is 0 Å². The van der Waals surface area contributed by atoms with Gasteiger partial charge in [-0.2, -0.15) is 0 Å². The molecule has 9 rings (SSSR count). The van der Waals surface area contributed by atoms with Gasteiger partial charge in [-0.15, -0.1) is 11.3 Å². The van der Waals surface area contributed by atoms with Gasteiger partial charge in [0, 0.05) is 31.3 Å². The first-order valence-electron chi connectivity index (χ1n) is 16.0. The van der Waals surface area contributed by atoms with Gasteiger partial charge in [-0.25, -0.2) is 4.98 Å². The van der Waals surface area contributed by atoms with Gasteiger partial charge in [0.1, 0.15) is 0 Å². The largest absolute Gasteiger partial charge is 0.247 e. The van der Waals surface area contributed by atoms with E-state index in [4.69, 9.17) is 4.98 Å². The molecule has 2 heterocycles. The summed E-state index contributed by atoms with van der Waals surface area (Å²) in [5, 5.41) is 10.4. The molecule has 0 aliphatic heterocycles. The molecular weight excluding hydrogens is 575 g/mol. The topological polar surface area (TPSA) is 12.9 Å². The van der Waals surface area contributed by atoms with Crippen LogP contribution in [0.25, 0.3) is 86.1 Å². The van der Waals surface area contributed by atoms with Gasteiger partial charge in [0.2, 0.25) is 0 Å². The van der Waals surface area contributed by atoms with Crippen molar-refractivity contribution in [2.24, 2.45) is 0 Å². The van der Waals surface area contributed by atoms with E-state index in [0.717, 1.165) is 23.4 Å². The standard InChI is InChI=1S/C44H31NS/c1-3-28-22-23-41(30-13-10-12-29(25-30)31-19-11-20-37-36-18-8-9-21-42(36)46-44(31)37)45-43(28)38-26-40-35-17-7-5-15-33(35)32-14-4-6-16-34(32)39(40)24-27(38)2/h4-26H,3H2,1-2H3. The van der Waals surface area contributed by atoms with Crippen LogP contribution in [0.15, 0.2) is 140 Å². The summed E-state index contributed by atoms with van der Waals surface area (Å²) in [6.07, 6.45) is 0.923. The molecule has 0 unspecified atom stereocenters. The van der Waals surface area contributed by atoms with Crippen LogP contribution in [0.5, 0.6) is 0 Å². The maximum Gasteiger partial charge on any atom is 0.0744 e. The molecule has 2 heteroatoms. The molecule has 0 bridgehead atoms. The van der Waals surface area contributed by atoms with Gasteiger partial charge < -0.3 is 0 Å². The Morgan fingerprint density at radius 3 is 1.85 bits per heavy atom. The lowest BCUT2D eigenvalue weighted by Gasteiger charge is -2.16. The van der Waals surface area contributed by atoms with Gasteiger partial charge in [0.25, 0.3) is 0 Å². The summed E-state index contributed by atoms with van der Waals surface area (Å²) in [6, 6.07) is 51.1. The SMILES string of the molecule is CCc1ccc(-c2cccc(-c3cccc4c3sc3ccccc34)c2)nc1-c1cc2c3ccccc3c3ccccc3c2cc1C. The van der Waals surface area contributed by atoms with E-state index >= 15 is 0 Å². The normalized spacial score (nSPS) is 11.8. The van der Waals surface area contributed by atoms with Crippen LogP contribution in [-0.2, 0) is 6.42 Å². The molecule has 0 radical (unpaired) electrons. The fourth-order valence-electron chi connectivity index (χ4n) is 7.30. The third-order valence-corrected chi connectivity index (χ3v) is 10.8. The quantitative estimate of drug-likeness (QED) is 0.182. The molecule has 2 aromatic heterocycles. The first-order valence-corrected chi connectivity index (χ1v) is 16.8. The zero-order chi connectivity index (χ0) is 30.8. The third-order valence-electron chi connectivity index (χ3n) is 9.58. The van der Waals surface area contributed by atoms with E-state index in [1.54, 1.807) is 0 Å². The predicted molar refractivity (Wildman–Crippen MR) is 200 cm³/mol. The van der Waals surface area contributed by atoms with E-state index in [0.29, 0.717) is 0 Å². The number of thiophene rings is 1. The van der Waals surface area contributed by atoms with Gasteiger partial charge in [-0.3, -0.25) is 0 Å². The maximum atomic E-state index is 5.43. The number of hydrogen-bond donors (Lipinski definition) is 0. The zero-order valence-electron chi connectivity index (χ0n) is 25.8. The lowest BCUT2D eigenvalue weighted by Crippen LogP contribution is -1.97. The van der Waals surface area contributed by atoms with Crippen LogP contribution in [0.2, 0.25) is 0 Å². The fraction of sp³-hybridized carbons (Fsp3) is 0.0682. The molecule has 0 spiro atoms. The van der Waals surface area contributed by atoms with Crippen molar-refractivity contribution < 1.29 is 0 Å². The van der Waals surface area contributed by atoms with Crippen molar-refractivity contribution >= 4 is 63.8 Å². The highest BCUT2D eigenvalue weighted by atomic mass is 32.1. The molecular formula is C44H31NS. The average molecular weight is 606 g/mol. The van der Waals surface area contributed by atoms with E-state index in [1.165, 1.54) is 80.3 Å². The number of fused-ring (bicyclic) bond motifs is 9. The minimum absolute atomic E-state index is 0.923. The minimum atomic E-state index is 0.923. The van der Waals surface area contributed by atoms with Gasteiger partial charge in [-0.1, -0.05) is 122 Å². The molecule has 7 aromatic carbocycles. The Morgan fingerprint density at radius 1 is 0.500 bits per heavy atom. The summed E-state index contributed by atoms with van der Waals surface area (Å²) in [4.78, 5) is 5.43.